The number of nitrogens with zero attached hydrogens (tertiary/aromatic N) is 3. The summed E-state index contributed by atoms with van der Waals surface area (Å²) in [7, 11) is 0. The van der Waals surface area contributed by atoms with Gasteiger partial charge in [-0.25, -0.2) is 19.0 Å². The van der Waals surface area contributed by atoms with Gasteiger partial charge in [-0.2, -0.15) is 0 Å². The monoisotopic (exact) mass is 499 g/mol. The van der Waals surface area contributed by atoms with Crippen LogP contribution in [0.3, 0.4) is 0 Å². The summed E-state index contributed by atoms with van der Waals surface area (Å²) in [5.74, 6) is -0.669. The topological polar surface area (TPSA) is 137 Å². The fraction of sp³-hybridized carbons (Fsp3) is 0.360. The van der Waals surface area contributed by atoms with Crippen molar-refractivity contribution in [3.63, 3.8) is 0 Å². The van der Waals surface area contributed by atoms with E-state index >= 15 is 0 Å². The zero-order valence-corrected chi connectivity index (χ0v) is 20.6. The molecule has 0 spiro atoms. The van der Waals surface area contributed by atoms with Crippen LogP contribution in [0.2, 0.25) is 0 Å². The number of benzene rings is 2. The summed E-state index contributed by atoms with van der Waals surface area (Å²) in [4.78, 5) is 43.5. The van der Waals surface area contributed by atoms with Gasteiger partial charge in [-0.15, -0.1) is 0 Å². The maximum atomic E-state index is 14.7. The van der Waals surface area contributed by atoms with Crippen LogP contribution in [0.25, 0.3) is 16.6 Å². The van der Waals surface area contributed by atoms with Gasteiger partial charge in [0.2, 0.25) is 0 Å². The average Bonchev–Trinajstić information content (AvgIpc) is 2.78. The molecule has 1 atom stereocenters. The summed E-state index contributed by atoms with van der Waals surface area (Å²) in [6, 6.07) is 9.01. The van der Waals surface area contributed by atoms with Crippen LogP contribution in [0.4, 0.5) is 19.7 Å². The Hall–Kier alpha value is -3.99. The van der Waals surface area contributed by atoms with Crippen molar-refractivity contribution in [3.8, 4) is 5.69 Å². The molecule has 0 aliphatic heterocycles. The van der Waals surface area contributed by atoms with Gasteiger partial charge in [0.1, 0.15) is 17.2 Å². The van der Waals surface area contributed by atoms with Crippen LogP contribution in [0, 0.1) is 5.82 Å². The van der Waals surface area contributed by atoms with Gasteiger partial charge in [-0.1, -0.05) is 12.1 Å². The number of nitrogens with one attached hydrogen (secondary N) is 2. The molecule has 0 saturated heterocycles. The van der Waals surface area contributed by atoms with Crippen LogP contribution < -0.4 is 16.2 Å². The average molecular weight is 500 g/mol. The van der Waals surface area contributed by atoms with Crippen molar-refractivity contribution in [2.75, 3.05) is 18.5 Å². The number of carbonyl (C=O) groups is 2. The third-order valence-corrected chi connectivity index (χ3v) is 5.55. The molecule has 3 amide bonds. The Bertz CT molecular complexity index is 1330. The van der Waals surface area contributed by atoms with Gasteiger partial charge >= 0.3 is 12.1 Å². The summed E-state index contributed by atoms with van der Waals surface area (Å²) in [5.41, 5.74) is -0.908. The summed E-state index contributed by atoms with van der Waals surface area (Å²) >= 11 is 0. The van der Waals surface area contributed by atoms with Gasteiger partial charge < -0.3 is 20.8 Å². The molecule has 192 valence electrons. The molecule has 0 saturated carbocycles. The number of hydrogen-bond acceptors (Lipinski definition) is 5. The minimum atomic E-state index is -1.22. The van der Waals surface area contributed by atoms with E-state index in [0.29, 0.717) is 17.8 Å². The first-order chi connectivity index (χ1) is 17.0. The molecule has 0 fully saturated rings. The standard InChI is InChI=1S/C25H30FN5O5/c1-15(31(24(35)36)25(2,3)4)21-29-20-18(10-6-11-19(20)26)22(33)30(21)17-9-5-8-16(14-17)28-23(34)27-12-7-13-32/h5-6,8-11,14-15,32H,7,12-13H2,1-4H3,(H,35,36)(H2,27,28,34). The van der Waals surface area contributed by atoms with Crippen LogP contribution in [0.5, 0.6) is 0 Å². The number of aliphatic hydroxyl groups excluding tert-OH is 1. The lowest BCUT2D eigenvalue weighted by molar-refractivity contribution is 0.0719. The minimum absolute atomic E-state index is 0.0273. The molecule has 36 heavy (non-hydrogen) atoms. The quantitative estimate of drug-likeness (QED) is 0.364. The largest absolute Gasteiger partial charge is 0.465 e. The summed E-state index contributed by atoms with van der Waals surface area (Å²) in [6.45, 7) is 6.93. The van der Waals surface area contributed by atoms with Crippen molar-refractivity contribution >= 4 is 28.7 Å². The Balaban J connectivity index is 2.19. The zero-order chi connectivity index (χ0) is 26.6. The van der Waals surface area contributed by atoms with E-state index in [1.54, 1.807) is 45.9 Å². The lowest BCUT2D eigenvalue weighted by Gasteiger charge is -2.38. The Morgan fingerprint density at radius 3 is 2.53 bits per heavy atom. The summed E-state index contributed by atoms with van der Waals surface area (Å²) in [5, 5.41) is 24.1. The number of anilines is 1. The lowest BCUT2D eigenvalue weighted by atomic mass is 10.0. The summed E-state index contributed by atoms with van der Waals surface area (Å²) < 4.78 is 15.9. The van der Waals surface area contributed by atoms with Crippen LogP contribution >= 0.6 is 0 Å². The summed E-state index contributed by atoms with van der Waals surface area (Å²) in [6.07, 6.45) is -0.823. The zero-order valence-electron chi connectivity index (χ0n) is 20.6. The number of aliphatic hydroxyl groups is 1. The Labute approximate surface area is 207 Å². The van der Waals surface area contributed by atoms with Crippen LogP contribution in [0.1, 0.15) is 46.0 Å². The highest BCUT2D eigenvalue weighted by molar-refractivity contribution is 5.89. The van der Waals surface area contributed by atoms with E-state index < -0.39 is 35.1 Å². The molecule has 3 rings (SSSR count). The van der Waals surface area contributed by atoms with Crippen molar-refractivity contribution in [2.45, 2.75) is 45.7 Å². The highest BCUT2D eigenvalue weighted by Crippen LogP contribution is 2.29. The number of rotatable bonds is 7. The van der Waals surface area contributed by atoms with Crippen molar-refractivity contribution < 1.29 is 24.2 Å². The van der Waals surface area contributed by atoms with Crippen LogP contribution in [-0.2, 0) is 0 Å². The van der Waals surface area contributed by atoms with Crippen molar-refractivity contribution in [1.29, 1.82) is 0 Å². The third-order valence-electron chi connectivity index (χ3n) is 5.55. The molecule has 1 aromatic heterocycles. The maximum absolute atomic E-state index is 14.7. The van der Waals surface area contributed by atoms with E-state index in [-0.39, 0.29) is 29.9 Å². The molecule has 2 aromatic carbocycles. The van der Waals surface area contributed by atoms with Gasteiger partial charge in [0.15, 0.2) is 0 Å². The number of carbonyl (C=O) groups excluding carboxylic acids is 1. The number of aromatic nitrogens is 2. The highest BCUT2D eigenvalue weighted by atomic mass is 19.1. The molecule has 1 heterocycles. The van der Waals surface area contributed by atoms with E-state index in [1.165, 1.54) is 28.8 Å². The fourth-order valence-electron chi connectivity index (χ4n) is 4.05. The molecule has 4 N–H and O–H groups in total. The molecule has 0 aliphatic carbocycles. The first kappa shape index (κ1) is 26.6. The first-order valence-electron chi connectivity index (χ1n) is 11.4. The van der Waals surface area contributed by atoms with Crippen molar-refractivity contribution in [3.05, 3.63) is 64.5 Å². The van der Waals surface area contributed by atoms with Crippen LogP contribution in [0.15, 0.2) is 47.3 Å². The maximum Gasteiger partial charge on any atom is 0.408 e. The molecule has 11 heteroatoms. The molecule has 3 aromatic rings. The molecular weight excluding hydrogens is 469 g/mol. The Kier molecular flexibility index (Phi) is 7.93. The van der Waals surface area contributed by atoms with E-state index in [4.69, 9.17) is 5.11 Å². The Morgan fingerprint density at radius 1 is 1.19 bits per heavy atom. The number of fused-ring (bicyclic) bond motifs is 1. The highest BCUT2D eigenvalue weighted by Gasteiger charge is 2.34. The molecule has 1 unspecified atom stereocenters. The number of para-hydroxylation sites is 1. The molecular formula is C25H30FN5O5. The molecule has 0 bridgehead atoms. The smallest absolute Gasteiger partial charge is 0.408 e. The SMILES string of the molecule is CC(c1nc2c(F)cccc2c(=O)n1-c1cccc(NC(=O)NCCCO)c1)N(C(=O)O)C(C)(C)C. The molecule has 0 radical (unpaired) electrons. The predicted octanol–water partition coefficient (Wildman–Crippen LogP) is 3.87. The van der Waals surface area contributed by atoms with Crippen molar-refractivity contribution in [2.24, 2.45) is 0 Å². The minimum Gasteiger partial charge on any atom is -0.465 e. The van der Waals surface area contributed by atoms with Gasteiger partial charge in [0.05, 0.1) is 17.1 Å². The number of hydrogen-bond donors (Lipinski definition) is 4. The second-order valence-electron chi connectivity index (χ2n) is 9.25. The van der Waals surface area contributed by atoms with Gasteiger partial charge in [0, 0.05) is 24.4 Å². The van der Waals surface area contributed by atoms with E-state index in [0.717, 1.165) is 4.90 Å². The number of halogens is 1. The second kappa shape index (κ2) is 10.7. The normalized spacial score (nSPS) is 12.3. The second-order valence-corrected chi connectivity index (χ2v) is 9.25. The van der Waals surface area contributed by atoms with Crippen molar-refractivity contribution in [1.82, 2.24) is 19.8 Å². The van der Waals surface area contributed by atoms with Gasteiger partial charge in [-0.3, -0.25) is 14.3 Å². The third kappa shape index (κ3) is 5.62. The number of urea groups is 1. The Morgan fingerprint density at radius 2 is 1.89 bits per heavy atom. The molecule has 0 aliphatic rings. The predicted molar refractivity (Wildman–Crippen MR) is 134 cm³/mol. The van der Waals surface area contributed by atoms with E-state index in [2.05, 4.69) is 15.6 Å². The number of amides is 3. The first-order valence-corrected chi connectivity index (χ1v) is 11.4. The number of carboxylic acid groups (broad SMARTS) is 1. The fourth-order valence-corrected chi connectivity index (χ4v) is 4.05. The van der Waals surface area contributed by atoms with E-state index in [1.807, 2.05) is 0 Å². The van der Waals surface area contributed by atoms with Gasteiger partial charge in [0.25, 0.3) is 5.56 Å². The van der Waals surface area contributed by atoms with E-state index in [9.17, 15) is 23.9 Å². The lowest BCUT2D eigenvalue weighted by Crippen LogP contribution is -2.47. The van der Waals surface area contributed by atoms with Gasteiger partial charge in [-0.05, 0) is 64.4 Å². The van der Waals surface area contributed by atoms with Crippen LogP contribution in [-0.4, -0.2) is 55.5 Å². The molecule has 10 nitrogen and oxygen atoms in total.